The molecule has 0 N–H and O–H groups in total. The second kappa shape index (κ2) is 10.1. The predicted molar refractivity (Wildman–Crippen MR) is 153 cm³/mol. The summed E-state index contributed by atoms with van der Waals surface area (Å²) in [7, 11) is 0. The number of piperidine rings is 1. The lowest BCUT2D eigenvalue weighted by Gasteiger charge is -2.32. The van der Waals surface area contributed by atoms with Crippen LogP contribution in [0.1, 0.15) is 29.9 Å². The molecule has 3 aromatic carbocycles. The molecule has 6 aromatic rings. The number of rotatable bonds is 6. The second-order valence-electron chi connectivity index (χ2n) is 10.4. The molecular weight excluding hydrogens is 487 g/mol. The van der Waals surface area contributed by atoms with Gasteiger partial charge in [-0.3, -0.25) is 0 Å². The number of hydrogen-bond acceptors (Lipinski definition) is 4. The van der Waals surface area contributed by atoms with Crippen LogP contribution in [0.5, 0.6) is 0 Å². The van der Waals surface area contributed by atoms with Crippen molar-refractivity contribution in [1.82, 2.24) is 19.4 Å². The van der Waals surface area contributed by atoms with E-state index in [-0.39, 0.29) is 5.82 Å². The molecule has 0 saturated carbocycles. The summed E-state index contributed by atoms with van der Waals surface area (Å²) in [5, 5.41) is 2.44. The molecule has 0 unspecified atom stereocenters. The summed E-state index contributed by atoms with van der Waals surface area (Å²) in [6, 6.07) is 23.3. The highest BCUT2D eigenvalue weighted by atomic mass is 19.1. The zero-order valence-corrected chi connectivity index (χ0v) is 21.6. The highest BCUT2D eigenvalue weighted by Crippen LogP contribution is 2.37. The maximum atomic E-state index is 13.7. The molecule has 4 heterocycles. The van der Waals surface area contributed by atoms with E-state index in [2.05, 4.69) is 56.0 Å². The molecule has 0 aliphatic carbocycles. The van der Waals surface area contributed by atoms with Crippen molar-refractivity contribution >= 4 is 21.9 Å². The molecule has 1 saturated heterocycles. The van der Waals surface area contributed by atoms with Crippen molar-refractivity contribution in [2.45, 2.75) is 25.2 Å². The maximum Gasteiger partial charge on any atom is 0.159 e. The van der Waals surface area contributed by atoms with Crippen molar-refractivity contribution in [3.8, 4) is 17.1 Å². The molecule has 39 heavy (non-hydrogen) atoms. The van der Waals surface area contributed by atoms with E-state index >= 15 is 0 Å². The number of fused-ring (bicyclic) bond motifs is 2. The summed E-state index contributed by atoms with van der Waals surface area (Å²) in [5.74, 6) is 0.948. The van der Waals surface area contributed by atoms with Crippen LogP contribution in [0.25, 0.3) is 38.9 Å². The minimum Gasteiger partial charge on any atom is -0.464 e. The Labute approximate surface area is 226 Å². The van der Waals surface area contributed by atoms with Gasteiger partial charge in [0.15, 0.2) is 5.82 Å². The molecular formula is C33H29FN4O. The average Bonchev–Trinajstić information content (AvgIpc) is 3.59. The maximum absolute atomic E-state index is 13.7. The van der Waals surface area contributed by atoms with Crippen molar-refractivity contribution in [2.75, 3.05) is 19.6 Å². The second-order valence-corrected chi connectivity index (χ2v) is 10.4. The third-order valence-electron chi connectivity index (χ3n) is 8.05. The fraction of sp³-hybridized carbons (Fsp3) is 0.212. The Hall–Kier alpha value is -4.29. The first-order chi connectivity index (χ1) is 19.2. The normalized spacial score (nSPS) is 14.9. The van der Waals surface area contributed by atoms with Gasteiger partial charge in [0.25, 0.3) is 0 Å². The van der Waals surface area contributed by atoms with Crippen LogP contribution >= 0.6 is 0 Å². The molecule has 3 aromatic heterocycles. The van der Waals surface area contributed by atoms with Crippen LogP contribution in [0.15, 0.2) is 102 Å². The van der Waals surface area contributed by atoms with Crippen LogP contribution < -0.4 is 0 Å². The van der Waals surface area contributed by atoms with Gasteiger partial charge in [0.1, 0.15) is 11.4 Å². The van der Waals surface area contributed by atoms with E-state index in [0.29, 0.717) is 5.92 Å². The lowest BCUT2D eigenvalue weighted by Crippen LogP contribution is -2.34. The van der Waals surface area contributed by atoms with Crippen molar-refractivity contribution in [3.05, 3.63) is 115 Å². The number of furan rings is 1. The van der Waals surface area contributed by atoms with Crippen LogP contribution in [-0.4, -0.2) is 39.1 Å². The Morgan fingerprint density at radius 1 is 0.872 bits per heavy atom. The van der Waals surface area contributed by atoms with Gasteiger partial charge in [-0.1, -0.05) is 18.2 Å². The molecule has 1 aliphatic heterocycles. The topological polar surface area (TPSA) is 47.1 Å². The minimum absolute atomic E-state index is 0.227. The molecule has 7 rings (SSSR count). The van der Waals surface area contributed by atoms with Crippen molar-refractivity contribution < 1.29 is 8.81 Å². The van der Waals surface area contributed by atoms with Crippen molar-refractivity contribution in [3.63, 3.8) is 0 Å². The van der Waals surface area contributed by atoms with Crippen molar-refractivity contribution in [2.24, 2.45) is 0 Å². The average molecular weight is 517 g/mol. The first-order valence-electron chi connectivity index (χ1n) is 13.6. The smallest absolute Gasteiger partial charge is 0.159 e. The Balaban J connectivity index is 1.15. The highest BCUT2D eigenvalue weighted by molar-refractivity contribution is 5.89. The largest absolute Gasteiger partial charge is 0.464 e. The molecule has 6 heteroatoms. The Bertz CT molecular complexity index is 1730. The van der Waals surface area contributed by atoms with Gasteiger partial charge < -0.3 is 13.9 Å². The minimum atomic E-state index is -0.227. The number of aromatic nitrogens is 3. The zero-order valence-electron chi connectivity index (χ0n) is 21.6. The Morgan fingerprint density at radius 2 is 1.67 bits per heavy atom. The number of hydrogen-bond donors (Lipinski definition) is 0. The monoisotopic (exact) mass is 516 g/mol. The van der Waals surface area contributed by atoms with Crippen molar-refractivity contribution in [1.29, 1.82) is 0 Å². The molecule has 0 atom stereocenters. The zero-order chi connectivity index (χ0) is 26.2. The van der Waals surface area contributed by atoms with E-state index in [1.807, 2.05) is 36.6 Å². The molecule has 0 amide bonds. The molecule has 1 fully saturated rings. The fourth-order valence-electron chi connectivity index (χ4n) is 5.96. The third kappa shape index (κ3) is 4.61. The van der Waals surface area contributed by atoms with Crippen LogP contribution in [0, 0.1) is 5.82 Å². The standard InChI is InChI=1S/C33H29FN4O/c34-26-7-9-27(10-8-26)38-21-30(29-20-24(6-11-31(29)38)33-35-15-3-16-36-33)23-12-17-37(18-13-23)19-14-25-22-39-32-5-2-1-4-28(25)32/h1-11,15-16,20-23H,12-14,17-19H2. The first-order valence-corrected chi connectivity index (χ1v) is 13.6. The van der Waals surface area contributed by atoms with E-state index in [1.54, 1.807) is 12.4 Å². The lowest BCUT2D eigenvalue weighted by molar-refractivity contribution is 0.215. The summed E-state index contributed by atoms with van der Waals surface area (Å²) in [4.78, 5) is 11.5. The summed E-state index contributed by atoms with van der Waals surface area (Å²) >= 11 is 0. The van der Waals surface area contributed by atoms with Crippen LogP contribution in [0.2, 0.25) is 0 Å². The van der Waals surface area contributed by atoms with Gasteiger partial charge in [-0.15, -0.1) is 0 Å². The van der Waals surface area contributed by atoms with Gasteiger partial charge in [0.2, 0.25) is 0 Å². The Morgan fingerprint density at radius 3 is 2.49 bits per heavy atom. The molecule has 5 nitrogen and oxygen atoms in total. The van der Waals surface area contributed by atoms with Gasteiger partial charge in [0, 0.05) is 47.2 Å². The van der Waals surface area contributed by atoms with Crippen LogP contribution in [0.4, 0.5) is 4.39 Å². The Kier molecular flexibility index (Phi) is 6.17. The SMILES string of the molecule is Fc1ccc(-n2cc(C3CCN(CCc4coc5ccccc45)CC3)c3cc(-c4ncccn4)ccc32)cc1. The summed E-state index contributed by atoms with van der Waals surface area (Å²) in [6.45, 7) is 3.15. The van der Waals surface area contributed by atoms with E-state index in [1.165, 1.54) is 34.0 Å². The molecule has 0 radical (unpaired) electrons. The fourth-order valence-corrected chi connectivity index (χ4v) is 5.96. The number of para-hydroxylation sites is 1. The van der Waals surface area contributed by atoms with E-state index in [4.69, 9.17) is 4.42 Å². The molecule has 0 spiro atoms. The van der Waals surface area contributed by atoms with E-state index in [9.17, 15) is 4.39 Å². The number of likely N-dealkylation sites (tertiary alicyclic amines) is 1. The third-order valence-corrected chi connectivity index (χ3v) is 8.05. The van der Waals surface area contributed by atoms with E-state index in [0.717, 1.165) is 67.1 Å². The van der Waals surface area contributed by atoms with Gasteiger partial charge in [-0.25, -0.2) is 14.4 Å². The van der Waals surface area contributed by atoms with Crippen LogP contribution in [-0.2, 0) is 6.42 Å². The number of halogens is 1. The van der Waals surface area contributed by atoms with Gasteiger partial charge in [-0.05, 0) is 104 Å². The number of nitrogens with zero attached hydrogens (tertiary/aromatic N) is 4. The highest BCUT2D eigenvalue weighted by Gasteiger charge is 2.25. The quantitative estimate of drug-likeness (QED) is 0.231. The summed E-state index contributed by atoms with van der Waals surface area (Å²) in [6.07, 6.45) is 10.9. The summed E-state index contributed by atoms with van der Waals surface area (Å²) < 4.78 is 21.6. The van der Waals surface area contributed by atoms with Gasteiger partial charge in [0.05, 0.1) is 11.8 Å². The van der Waals surface area contributed by atoms with Crippen LogP contribution in [0.3, 0.4) is 0 Å². The molecule has 0 bridgehead atoms. The summed E-state index contributed by atoms with van der Waals surface area (Å²) in [5.41, 5.74) is 6.67. The van der Waals surface area contributed by atoms with E-state index < -0.39 is 0 Å². The first kappa shape index (κ1) is 23.8. The molecule has 194 valence electrons. The number of benzene rings is 3. The van der Waals surface area contributed by atoms with Gasteiger partial charge >= 0.3 is 0 Å². The predicted octanol–water partition coefficient (Wildman–Crippen LogP) is 7.39. The lowest BCUT2D eigenvalue weighted by atomic mass is 9.88. The van der Waals surface area contributed by atoms with Gasteiger partial charge in [-0.2, -0.15) is 0 Å². The molecule has 1 aliphatic rings.